The van der Waals surface area contributed by atoms with Gasteiger partial charge >= 0.3 is 11.9 Å². The number of carboxylic acids is 2. The van der Waals surface area contributed by atoms with E-state index in [4.69, 9.17) is 19.7 Å². The zero-order valence-corrected chi connectivity index (χ0v) is 17.0. The van der Waals surface area contributed by atoms with Crippen molar-refractivity contribution in [1.82, 2.24) is 0 Å². The van der Waals surface area contributed by atoms with Crippen LogP contribution in [0.25, 0.3) is 21.5 Å². The molecule has 0 fully saturated rings. The third kappa shape index (κ3) is 4.87. The molecule has 0 radical (unpaired) electrons. The molecule has 32 heavy (non-hydrogen) atoms. The lowest BCUT2D eigenvalue weighted by atomic mass is 10.1. The highest BCUT2D eigenvalue weighted by atomic mass is 16.5. The Morgan fingerprint density at radius 3 is 1.78 bits per heavy atom. The van der Waals surface area contributed by atoms with E-state index in [1.54, 1.807) is 48.7 Å². The van der Waals surface area contributed by atoms with Crippen molar-refractivity contribution in [3.63, 3.8) is 0 Å². The first-order valence-electron chi connectivity index (χ1n) is 9.98. The van der Waals surface area contributed by atoms with Gasteiger partial charge in [0, 0.05) is 6.42 Å². The van der Waals surface area contributed by atoms with Crippen LogP contribution in [0.15, 0.2) is 85.1 Å². The van der Waals surface area contributed by atoms with Crippen molar-refractivity contribution >= 4 is 33.5 Å². The largest absolute Gasteiger partial charge is 0.493 e. The SMILES string of the molecule is O=C(O)c1ccc2cc(OC=CCCOc3ccc4cc(C(=O)O)ccc4c3)ccc2c1. The highest BCUT2D eigenvalue weighted by molar-refractivity contribution is 5.95. The van der Waals surface area contributed by atoms with Gasteiger partial charge in [-0.1, -0.05) is 24.3 Å². The fraction of sp³-hybridized carbons (Fsp3) is 0.0769. The molecule has 4 rings (SSSR count). The minimum Gasteiger partial charge on any atom is -0.493 e. The molecule has 4 aromatic rings. The van der Waals surface area contributed by atoms with E-state index in [0.717, 1.165) is 21.5 Å². The highest BCUT2D eigenvalue weighted by Crippen LogP contribution is 2.23. The molecule has 0 atom stereocenters. The standard InChI is InChI=1S/C26H20O6/c27-25(28)21-5-3-19-15-23(9-7-17(19)13-21)31-11-1-2-12-32-24-10-8-18-14-22(26(29)30)6-4-20(18)16-24/h1,3-11,13-16H,2,12H2,(H,27,28)(H,29,30). The van der Waals surface area contributed by atoms with Crippen molar-refractivity contribution in [3.05, 3.63) is 96.3 Å². The Labute approximate surface area is 183 Å². The smallest absolute Gasteiger partial charge is 0.335 e. The lowest BCUT2D eigenvalue weighted by molar-refractivity contribution is 0.0686. The third-order valence-electron chi connectivity index (χ3n) is 4.97. The van der Waals surface area contributed by atoms with E-state index in [0.29, 0.717) is 24.5 Å². The van der Waals surface area contributed by atoms with Crippen molar-refractivity contribution in [2.24, 2.45) is 0 Å². The minimum atomic E-state index is -0.951. The van der Waals surface area contributed by atoms with Crippen LogP contribution in [0.3, 0.4) is 0 Å². The number of fused-ring (bicyclic) bond motifs is 2. The van der Waals surface area contributed by atoms with Gasteiger partial charge in [-0.15, -0.1) is 0 Å². The second-order valence-electron chi connectivity index (χ2n) is 7.18. The van der Waals surface area contributed by atoms with Gasteiger partial charge in [0.15, 0.2) is 0 Å². The molecule has 6 heteroatoms. The van der Waals surface area contributed by atoms with Crippen LogP contribution in [0.5, 0.6) is 11.5 Å². The summed E-state index contributed by atoms with van der Waals surface area (Å²) in [4.78, 5) is 22.1. The summed E-state index contributed by atoms with van der Waals surface area (Å²) in [5.74, 6) is -0.524. The minimum absolute atomic E-state index is 0.252. The van der Waals surface area contributed by atoms with Crippen molar-refractivity contribution < 1.29 is 29.3 Å². The predicted octanol–water partition coefficient (Wildman–Crippen LogP) is 5.75. The average Bonchev–Trinajstić information content (AvgIpc) is 2.80. The molecule has 0 bridgehead atoms. The number of benzene rings is 4. The van der Waals surface area contributed by atoms with Crippen LogP contribution in [0.2, 0.25) is 0 Å². The summed E-state index contributed by atoms with van der Waals surface area (Å²) in [5.41, 5.74) is 0.509. The maximum Gasteiger partial charge on any atom is 0.335 e. The van der Waals surface area contributed by atoms with Gasteiger partial charge in [0.25, 0.3) is 0 Å². The van der Waals surface area contributed by atoms with E-state index in [2.05, 4.69) is 0 Å². The van der Waals surface area contributed by atoms with Crippen molar-refractivity contribution in [1.29, 1.82) is 0 Å². The van der Waals surface area contributed by atoms with E-state index in [1.807, 2.05) is 36.4 Å². The molecule has 0 saturated heterocycles. The zero-order valence-electron chi connectivity index (χ0n) is 17.0. The molecule has 0 amide bonds. The number of carboxylic acid groups (broad SMARTS) is 2. The normalized spacial score (nSPS) is 11.1. The fourth-order valence-electron chi connectivity index (χ4n) is 3.32. The van der Waals surface area contributed by atoms with Gasteiger partial charge < -0.3 is 19.7 Å². The van der Waals surface area contributed by atoms with Crippen LogP contribution in [0, 0.1) is 0 Å². The monoisotopic (exact) mass is 428 g/mol. The number of hydrogen-bond donors (Lipinski definition) is 2. The van der Waals surface area contributed by atoms with E-state index >= 15 is 0 Å². The summed E-state index contributed by atoms with van der Waals surface area (Å²) < 4.78 is 11.4. The van der Waals surface area contributed by atoms with E-state index in [-0.39, 0.29) is 11.1 Å². The lowest BCUT2D eigenvalue weighted by Crippen LogP contribution is -1.97. The number of rotatable bonds is 8. The quantitative estimate of drug-likeness (QED) is 0.274. The summed E-state index contributed by atoms with van der Waals surface area (Å²) in [5, 5.41) is 21.6. The molecule has 0 unspecified atom stereocenters. The summed E-state index contributed by atoms with van der Waals surface area (Å²) in [7, 11) is 0. The molecule has 0 aliphatic carbocycles. The summed E-state index contributed by atoms with van der Waals surface area (Å²) >= 11 is 0. The first-order chi connectivity index (χ1) is 15.5. The van der Waals surface area contributed by atoms with Crippen molar-refractivity contribution in [2.75, 3.05) is 6.61 Å². The fourth-order valence-corrected chi connectivity index (χ4v) is 3.32. The Hall–Kier alpha value is -4.32. The van der Waals surface area contributed by atoms with E-state index in [9.17, 15) is 9.59 Å². The predicted molar refractivity (Wildman–Crippen MR) is 122 cm³/mol. The van der Waals surface area contributed by atoms with Gasteiger partial charge in [-0.3, -0.25) is 0 Å². The maximum absolute atomic E-state index is 11.1. The first kappa shape index (κ1) is 20.9. The molecule has 160 valence electrons. The average molecular weight is 428 g/mol. The molecule has 0 aliphatic rings. The van der Waals surface area contributed by atoms with Gasteiger partial charge in [-0.2, -0.15) is 0 Å². The zero-order chi connectivity index (χ0) is 22.5. The second kappa shape index (κ2) is 9.22. The molecule has 0 saturated carbocycles. The van der Waals surface area contributed by atoms with Crippen LogP contribution in [-0.2, 0) is 0 Å². The van der Waals surface area contributed by atoms with Crippen LogP contribution in [0.1, 0.15) is 27.1 Å². The maximum atomic E-state index is 11.1. The van der Waals surface area contributed by atoms with Crippen molar-refractivity contribution in [3.8, 4) is 11.5 Å². The summed E-state index contributed by atoms with van der Waals surface area (Å²) in [6.45, 7) is 0.467. The van der Waals surface area contributed by atoms with Crippen LogP contribution >= 0.6 is 0 Å². The molecule has 0 heterocycles. The van der Waals surface area contributed by atoms with Gasteiger partial charge in [0.05, 0.1) is 24.0 Å². The van der Waals surface area contributed by atoms with Gasteiger partial charge in [0.1, 0.15) is 11.5 Å². The molecule has 4 aromatic carbocycles. The Kier molecular flexibility index (Phi) is 6.03. The Morgan fingerprint density at radius 1 is 0.688 bits per heavy atom. The Morgan fingerprint density at radius 2 is 1.19 bits per heavy atom. The first-order valence-corrected chi connectivity index (χ1v) is 9.98. The topological polar surface area (TPSA) is 93.1 Å². The summed E-state index contributed by atoms with van der Waals surface area (Å²) in [6, 6.07) is 21.0. The molecular weight excluding hydrogens is 408 g/mol. The summed E-state index contributed by atoms with van der Waals surface area (Å²) in [6.07, 6.45) is 4.10. The highest BCUT2D eigenvalue weighted by Gasteiger charge is 2.05. The second-order valence-corrected chi connectivity index (χ2v) is 7.18. The van der Waals surface area contributed by atoms with Gasteiger partial charge in [-0.05, 0) is 76.2 Å². The number of aromatic carboxylic acids is 2. The number of hydrogen-bond acceptors (Lipinski definition) is 4. The van der Waals surface area contributed by atoms with Crippen LogP contribution in [0.4, 0.5) is 0 Å². The van der Waals surface area contributed by atoms with Crippen LogP contribution in [-0.4, -0.2) is 28.8 Å². The van der Waals surface area contributed by atoms with Gasteiger partial charge in [-0.25, -0.2) is 9.59 Å². The Balaban J connectivity index is 1.29. The van der Waals surface area contributed by atoms with Crippen LogP contribution < -0.4 is 9.47 Å². The molecular formula is C26H20O6. The lowest BCUT2D eigenvalue weighted by Gasteiger charge is -2.07. The molecule has 0 aliphatic heterocycles. The number of ether oxygens (including phenoxy) is 2. The van der Waals surface area contributed by atoms with Crippen molar-refractivity contribution in [2.45, 2.75) is 6.42 Å². The van der Waals surface area contributed by atoms with Gasteiger partial charge in [0.2, 0.25) is 0 Å². The molecule has 0 spiro atoms. The van der Waals surface area contributed by atoms with E-state index < -0.39 is 11.9 Å². The Bertz CT molecular complexity index is 1340. The molecule has 0 aromatic heterocycles. The molecule has 6 nitrogen and oxygen atoms in total. The number of carbonyl (C=O) groups is 2. The molecule has 2 N–H and O–H groups in total. The van der Waals surface area contributed by atoms with E-state index in [1.165, 1.54) is 0 Å². The third-order valence-corrected chi connectivity index (χ3v) is 4.97.